The van der Waals surface area contributed by atoms with Gasteiger partial charge in [-0.25, -0.2) is 4.79 Å². The molecule has 0 saturated carbocycles. The Labute approximate surface area is 123 Å². The first kappa shape index (κ1) is 14.9. The highest BCUT2D eigenvalue weighted by atomic mass is 16.4. The Balaban J connectivity index is 2.12. The smallest absolute Gasteiger partial charge is 0.321 e. The number of urea groups is 1. The van der Waals surface area contributed by atoms with E-state index in [1.54, 1.807) is 25.1 Å². The quantitative estimate of drug-likeness (QED) is 0.870. The number of aliphatic carboxylic acids is 1. The SMILES string of the molecule is Cc1cccc(NC(=O)N2CC(C)C(C(=O)O)C2)c1C#N. The number of carboxylic acids is 1. The summed E-state index contributed by atoms with van der Waals surface area (Å²) < 4.78 is 0. The molecule has 6 nitrogen and oxygen atoms in total. The molecule has 1 fully saturated rings. The zero-order valence-corrected chi connectivity index (χ0v) is 12.0. The number of amides is 2. The lowest BCUT2D eigenvalue weighted by molar-refractivity contribution is -0.142. The third-order valence-corrected chi connectivity index (χ3v) is 3.84. The van der Waals surface area contributed by atoms with Gasteiger partial charge in [-0.3, -0.25) is 4.79 Å². The van der Waals surface area contributed by atoms with Crippen molar-refractivity contribution in [3.63, 3.8) is 0 Å². The van der Waals surface area contributed by atoms with E-state index in [4.69, 9.17) is 10.4 Å². The molecule has 2 rings (SSSR count). The second-order valence-electron chi connectivity index (χ2n) is 5.37. The molecule has 1 aromatic rings. The highest BCUT2D eigenvalue weighted by molar-refractivity contribution is 5.91. The van der Waals surface area contributed by atoms with Crippen LogP contribution in [0.15, 0.2) is 18.2 Å². The Bertz CT molecular complexity index is 621. The second kappa shape index (κ2) is 5.83. The van der Waals surface area contributed by atoms with E-state index in [1.807, 2.05) is 6.92 Å². The molecule has 0 aliphatic carbocycles. The van der Waals surface area contributed by atoms with Gasteiger partial charge in [0.05, 0.1) is 17.2 Å². The number of aryl methyl sites for hydroxylation is 1. The maximum absolute atomic E-state index is 12.2. The van der Waals surface area contributed by atoms with Crippen molar-refractivity contribution in [3.05, 3.63) is 29.3 Å². The summed E-state index contributed by atoms with van der Waals surface area (Å²) >= 11 is 0. The Hall–Kier alpha value is -2.55. The number of rotatable bonds is 2. The third-order valence-electron chi connectivity index (χ3n) is 3.84. The average Bonchev–Trinajstić information content (AvgIpc) is 2.81. The fourth-order valence-electron chi connectivity index (χ4n) is 2.57. The van der Waals surface area contributed by atoms with Crippen LogP contribution in [0.2, 0.25) is 0 Å². The molecule has 110 valence electrons. The van der Waals surface area contributed by atoms with Gasteiger partial charge < -0.3 is 15.3 Å². The molecule has 1 aromatic carbocycles. The molecule has 1 saturated heterocycles. The summed E-state index contributed by atoms with van der Waals surface area (Å²) in [7, 11) is 0. The van der Waals surface area contributed by atoms with Gasteiger partial charge in [-0.2, -0.15) is 5.26 Å². The van der Waals surface area contributed by atoms with Gasteiger partial charge in [0, 0.05) is 13.1 Å². The van der Waals surface area contributed by atoms with Crippen LogP contribution in [-0.4, -0.2) is 35.1 Å². The van der Waals surface area contributed by atoms with E-state index in [1.165, 1.54) is 4.90 Å². The maximum Gasteiger partial charge on any atom is 0.321 e. The minimum atomic E-state index is -0.883. The molecule has 2 atom stereocenters. The van der Waals surface area contributed by atoms with E-state index in [9.17, 15) is 9.59 Å². The second-order valence-corrected chi connectivity index (χ2v) is 5.37. The Kier molecular flexibility index (Phi) is 4.13. The lowest BCUT2D eigenvalue weighted by Gasteiger charge is -2.17. The van der Waals surface area contributed by atoms with Crippen LogP contribution in [0.3, 0.4) is 0 Å². The number of benzene rings is 1. The molecule has 2 N–H and O–H groups in total. The number of carbonyl (C=O) groups is 2. The van der Waals surface area contributed by atoms with Crippen molar-refractivity contribution in [2.75, 3.05) is 18.4 Å². The fraction of sp³-hybridized carbons (Fsp3) is 0.400. The summed E-state index contributed by atoms with van der Waals surface area (Å²) in [6.07, 6.45) is 0. The predicted molar refractivity (Wildman–Crippen MR) is 76.8 cm³/mol. The molecule has 6 heteroatoms. The maximum atomic E-state index is 12.2. The predicted octanol–water partition coefficient (Wildman–Crippen LogP) is 2.05. The van der Waals surface area contributed by atoms with Crippen LogP contribution in [-0.2, 0) is 4.79 Å². The standard InChI is InChI=1S/C15H17N3O3/c1-9-4-3-5-13(11(9)6-16)17-15(21)18-7-10(2)12(8-18)14(19)20/h3-5,10,12H,7-8H2,1-2H3,(H,17,21)(H,19,20). The molecule has 1 aliphatic rings. The first-order valence-electron chi connectivity index (χ1n) is 6.72. The lowest BCUT2D eigenvalue weighted by atomic mass is 9.99. The van der Waals surface area contributed by atoms with Gasteiger partial charge in [0.15, 0.2) is 0 Å². The van der Waals surface area contributed by atoms with Crippen molar-refractivity contribution < 1.29 is 14.7 Å². The summed E-state index contributed by atoms with van der Waals surface area (Å²) in [5.41, 5.74) is 1.66. The third kappa shape index (κ3) is 2.97. The van der Waals surface area contributed by atoms with Crippen LogP contribution < -0.4 is 5.32 Å². The van der Waals surface area contributed by atoms with Gasteiger partial charge in [0.2, 0.25) is 0 Å². The number of nitrogens with one attached hydrogen (secondary N) is 1. The summed E-state index contributed by atoms with van der Waals surface area (Å²) in [4.78, 5) is 24.8. The van der Waals surface area contributed by atoms with E-state index >= 15 is 0 Å². The number of carbonyl (C=O) groups excluding carboxylic acids is 1. The van der Waals surface area contributed by atoms with Crippen LogP contribution in [0.5, 0.6) is 0 Å². The molecule has 21 heavy (non-hydrogen) atoms. The highest BCUT2D eigenvalue weighted by Gasteiger charge is 2.37. The molecule has 2 unspecified atom stereocenters. The van der Waals surface area contributed by atoms with Gasteiger partial charge in [-0.15, -0.1) is 0 Å². The van der Waals surface area contributed by atoms with Crippen molar-refractivity contribution >= 4 is 17.7 Å². The van der Waals surface area contributed by atoms with Crippen LogP contribution >= 0.6 is 0 Å². The Morgan fingerprint density at radius 1 is 1.43 bits per heavy atom. The topological polar surface area (TPSA) is 93.4 Å². The number of anilines is 1. The van der Waals surface area contributed by atoms with Gasteiger partial charge in [0.1, 0.15) is 6.07 Å². The van der Waals surface area contributed by atoms with Crippen molar-refractivity contribution in [2.24, 2.45) is 11.8 Å². The number of hydrogen-bond donors (Lipinski definition) is 2. The molecule has 1 aliphatic heterocycles. The number of nitriles is 1. The first-order chi connectivity index (χ1) is 9.93. The van der Waals surface area contributed by atoms with E-state index in [0.29, 0.717) is 17.8 Å². The summed E-state index contributed by atoms with van der Waals surface area (Å²) in [5.74, 6) is -1.50. The minimum Gasteiger partial charge on any atom is -0.481 e. The van der Waals surface area contributed by atoms with Gasteiger partial charge >= 0.3 is 12.0 Å². The van der Waals surface area contributed by atoms with Crippen molar-refractivity contribution in [1.29, 1.82) is 5.26 Å². The van der Waals surface area contributed by atoms with Gasteiger partial charge in [-0.1, -0.05) is 19.1 Å². The zero-order chi connectivity index (χ0) is 15.6. The fourth-order valence-corrected chi connectivity index (χ4v) is 2.57. The largest absolute Gasteiger partial charge is 0.481 e. The van der Waals surface area contributed by atoms with Crippen LogP contribution in [0.1, 0.15) is 18.1 Å². The van der Waals surface area contributed by atoms with Crippen molar-refractivity contribution in [2.45, 2.75) is 13.8 Å². The zero-order valence-electron chi connectivity index (χ0n) is 12.0. The summed E-state index contributed by atoms with van der Waals surface area (Å²) in [5, 5.41) is 20.9. The first-order valence-corrected chi connectivity index (χ1v) is 6.72. The molecule has 0 spiro atoms. The Morgan fingerprint density at radius 3 is 2.71 bits per heavy atom. The highest BCUT2D eigenvalue weighted by Crippen LogP contribution is 2.25. The van der Waals surface area contributed by atoms with E-state index in [0.717, 1.165) is 5.56 Å². The van der Waals surface area contributed by atoms with Crippen LogP contribution in [0, 0.1) is 30.1 Å². The minimum absolute atomic E-state index is 0.0822. The van der Waals surface area contributed by atoms with Gasteiger partial charge in [0.25, 0.3) is 0 Å². The van der Waals surface area contributed by atoms with E-state index in [2.05, 4.69) is 11.4 Å². The number of carboxylic acid groups (broad SMARTS) is 1. The Morgan fingerprint density at radius 2 is 2.14 bits per heavy atom. The summed E-state index contributed by atoms with van der Waals surface area (Å²) in [6.45, 7) is 4.21. The molecular formula is C15H17N3O3. The molecule has 0 aromatic heterocycles. The molecule has 1 heterocycles. The van der Waals surface area contributed by atoms with Crippen molar-refractivity contribution in [3.8, 4) is 6.07 Å². The molecular weight excluding hydrogens is 270 g/mol. The van der Waals surface area contributed by atoms with Crippen LogP contribution in [0.4, 0.5) is 10.5 Å². The summed E-state index contributed by atoms with van der Waals surface area (Å²) in [6, 6.07) is 6.93. The molecule has 2 amide bonds. The monoisotopic (exact) mass is 287 g/mol. The number of likely N-dealkylation sites (tertiary alicyclic amines) is 1. The number of nitrogens with zero attached hydrogens (tertiary/aromatic N) is 2. The van der Waals surface area contributed by atoms with Crippen LogP contribution in [0.25, 0.3) is 0 Å². The normalized spacial score (nSPS) is 20.9. The van der Waals surface area contributed by atoms with Gasteiger partial charge in [-0.05, 0) is 24.5 Å². The number of hydrogen-bond acceptors (Lipinski definition) is 3. The van der Waals surface area contributed by atoms with E-state index in [-0.39, 0.29) is 18.5 Å². The molecule has 0 radical (unpaired) electrons. The van der Waals surface area contributed by atoms with Crippen molar-refractivity contribution in [1.82, 2.24) is 4.90 Å². The lowest BCUT2D eigenvalue weighted by Crippen LogP contribution is -2.34. The van der Waals surface area contributed by atoms with E-state index < -0.39 is 11.9 Å². The average molecular weight is 287 g/mol. The molecule has 0 bridgehead atoms.